The van der Waals surface area contributed by atoms with Gasteiger partial charge in [-0.3, -0.25) is 4.79 Å². The molecule has 20 heavy (non-hydrogen) atoms. The minimum absolute atomic E-state index is 0.166. The monoisotopic (exact) mass is 300 g/mol. The minimum atomic E-state index is 0.166. The largest absolute Gasteiger partial charge is 0.352 e. The number of carbonyl (C=O) groups is 1. The van der Waals surface area contributed by atoms with E-state index in [0.29, 0.717) is 12.6 Å². The van der Waals surface area contributed by atoms with Crippen LogP contribution in [0.3, 0.4) is 0 Å². The predicted molar refractivity (Wildman–Crippen MR) is 89.3 cm³/mol. The second kappa shape index (κ2) is 9.67. The molecular formula is C16H32N2OS. The molecule has 0 aromatic carbocycles. The second-order valence-corrected chi connectivity index (χ2v) is 7.23. The molecule has 0 aliphatic heterocycles. The zero-order valence-electron chi connectivity index (χ0n) is 13.5. The van der Waals surface area contributed by atoms with Crippen LogP contribution in [0, 0.1) is 0 Å². The van der Waals surface area contributed by atoms with Crippen LogP contribution in [0.2, 0.25) is 0 Å². The number of amides is 1. The van der Waals surface area contributed by atoms with Gasteiger partial charge in [0.25, 0.3) is 0 Å². The molecule has 1 fully saturated rings. The first kappa shape index (κ1) is 17.8. The highest BCUT2D eigenvalue weighted by atomic mass is 32.2. The van der Waals surface area contributed by atoms with Crippen molar-refractivity contribution in [3.05, 3.63) is 0 Å². The van der Waals surface area contributed by atoms with E-state index in [0.717, 1.165) is 32.2 Å². The van der Waals surface area contributed by atoms with Gasteiger partial charge in [-0.15, -0.1) is 0 Å². The second-order valence-electron chi connectivity index (χ2n) is 5.95. The average Bonchev–Trinajstić information content (AvgIpc) is 2.73. The fourth-order valence-electron chi connectivity index (χ4n) is 2.97. The van der Waals surface area contributed by atoms with Crippen molar-refractivity contribution in [2.45, 2.75) is 76.0 Å². The normalized spacial score (nSPS) is 17.8. The summed E-state index contributed by atoms with van der Waals surface area (Å²) in [6.07, 6.45) is 11.9. The Bertz CT molecular complexity index is 263. The fraction of sp³-hybridized carbons (Fsp3) is 0.938. The van der Waals surface area contributed by atoms with Crippen LogP contribution in [-0.2, 0) is 4.79 Å². The molecule has 0 radical (unpaired) electrons. The maximum Gasteiger partial charge on any atom is 0.234 e. The number of hydrogen-bond donors (Lipinski definition) is 2. The van der Waals surface area contributed by atoms with Gasteiger partial charge in [0.05, 0.1) is 6.54 Å². The number of thioether (sulfide) groups is 1. The Morgan fingerprint density at radius 2 is 1.75 bits per heavy atom. The number of hydrogen-bond acceptors (Lipinski definition) is 3. The molecule has 4 heteroatoms. The van der Waals surface area contributed by atoms with E-state index in [2.05, 4.69) is 30.7 Å². The Hall–Kier alpha value is -0.220. The molecule has 118 valence electrons. The summed E-state index contributed by atoms with van der Waals surface area (Å²) in [6.45, 7) is 5.83. The van der Waals surface area contributed by atoms with Gasteiger partial charge in [0, 0.05) is 17.3 Å². The van der Waals surface area contributed by atoms with Crippen LogP contribution in [0.5, 0.6) is 0 Å². The average molecular weight is 301 g/mol. The van der Waals surface area contributed by atoms with Crippen LogP contribution in [0.15, 0.2) is 0 Å². The summed E-state index contributed by atoms with van der Waals surface area (Å²) in [5.74, 6) is 0.166. The van der Waals surface area contributed by atoms with Gasteiger partial charge >= 0.3 is 0 Å². The molecule has 0 spiro atoms. The third-order valence-corrected chi connectivity index (χ3v) is 6.26. The molecule has 0 bridgehead atoms. The lowest BCUT2D eigenvalue weighted by atomic mass is 10.0. The van der Waals surface area contributed by atoms with Gasteiger partial charge in [0.1, 0.15) is 0 Å². The third-order valence-electron chi connectivity index (χ3n) is 4.67. The Morgan fingerprint density at radius 3 is 2.25 bits per heavy atom. The summed E-state index contributed by atoms with van der Waals surface area (Å²) in [4.78, 5) is 12.0. The van der Waals surface area contributed by atoms with Gasteiger partial charge in [-0.1, -0.05) is 39.5 Å². The predicted octanol–water partition coefficient (Wildman–Crippen LogP) is 3.34. The highest BCUT2D eigenvalue weighted by Gasteiger charge is 2.24. The van der Waals surface area contributed by atoms with Crippen molar-refractivity contribution in [1.29, 1.82) is 0 Å². The number of rotatable bonds is 8. The van der Waals surface area contributed by atoms with Crippen LogP contribution in [-0.4, -0.2) is 36.0 Å². The van der Waals surface area contributed by atoms with E-state index in [1.807, 2.05) is 11.8 Å². The smallest absolute Gasteiger partial charge is 0.234 e. The van der Waals surface area contributed by atoms with Gasteiger partial charge in [-0.25, -0.2) is 0 Å². The molecule has 0 heterocycles. The third kappa shape index (κ3) is 6.04. The van der Waals surface area contributed by atoms with Crippen molar-refractivity contribution in [3.63, 3.8) is 0 Å². The number of nitrogens with one attached hydrogen (secondary N) is 2. The van der Waals surface area contributed by atoms with E-state index in [-0.39, 0.29) is 10.7 Å². The molecule has 1 aliphatic carbocycles. The molecule has 0 aromatic rings. The summed E-state index contributed by atoms with van der Waals surface area (Å²) in [7, 11) is 0. The zero-order chi connectivity index (χ0) is 14.8. The summed E-state index contributed by atoms with van der Waals surface area (Å²) in [5, 5.41) is 6.54. The first-order valence-electron chi connectivity index (χ1n) is 8.21. The molecule has 1 amide bonds. The molecule has 0 aromatic heterocycles. The maximum atomic E-state index is 12.0. The summed E-state index contributed by atoms with van der Waals surface area (Å²) in [6, 6.07) is 0.412. The van der Waals surface area contributed by atoms with Crippen molar-refractivity contribution in [2.24, 2.45) is 0 Å². The van der Waals surface area contributed by atoms with Crippen LogP contribution < -0.4 is 10.6 Å². The lowest BCUT2D eigenvalue weighted by Crippen LogP contribution is -2.44. The van der Waals surface area contributed by atoms with E-state index in [1.165, 1.54) is 25.7 Å². The molecule has 0 unspecified atom stereocenters. The van der Waals surface area contributed by atoms with E-state index in [1.54, 1.807) is 0 Å². The van der Waals surface area contributed by atoms with Crippen molar-refractivity contribution in [2.75, 3.05) is 19.3 Å². The SMILES string of the molecule is CCC(CC)(CNCC(=O)NC1CCCCCC1)SC. The van der Waals surface area contributed by atoms with Crippen LogP contribution >= 0.6 is 11.8 Å². The molecule has 2 N–H and O–H groups in total. The molecule has 3 nitrogen and oxygen atoms in total. The topological polar surface area (TPSA) is 41.1 Å². The number of carbonyl (C=O) groups excluding carboxylic acids is 1. The van der Waals surface area contributed by atoms with Crippen molar-refractivity contribution in [1.82, 2.24) is 10.6 Å². The van der Waals surface area contributed by atoms with Gasteiger partial charge in [-0.2, -0.15) is 11.8 Å². The molecule has 1 saturated carbocycles. The lowest BCUT2D eigenvalue weighted by Gasteiger charge is -2.30. The molecular weight excluding hydrogens is 268 g/mol. The fourth-order valence-corrected chi connectivity index (χ4v) is 3.79. The summed E-state index contributed by atoms with van der Waals surface area (Å²) >= 11 is 1.91. The molecule has 1 aliphatic rings. The van der Waals surface area contributed by atoms with E-state index in [9.17, 15) is 4.79 Å². The van der Waals surface area contributed by atoms with Gasteiger partial charge in [0.15, 0.2) is 0 Å². The Balaban J connectivity index is 2.25. The van der Waals surface area contributed by atoms with Crippen LogP contribution in [0.1, 0.15) is 65.2 Å². The zero-order valence-corrected chi connectivity index (χ0v) is 14.3. The maximum absolute atomic E-state index is 12.0. The Labute approximate surface area is 129 Å². The minimum Gasteiger partial charge on any atom is -0.352 e. The Morgan fingerprint density at radius 1 is 1.15 bits per heavy atom. The van der Waals surface area contributed by atoms with Gasteiger partial charge in [0.2, 0.25) is 5.91 Å². The van der Waals surface area contributed by atoms with Crippen molar-refractivity contribution >= 4 is 17.7 Å². The van der Waals surface area contributed by atoms with E-state index < -0.39 is 0 Å². The highest BCUT2D eigenvalue weighted by Crippen LogP contribution is 2.29. The first-order valence-corrected chi connectivity index (χ1v) is 9.43. The standard InChI is InChI=1S/C16H32N2OS/c1-4-16(5-2,20-3)13-17-12-15(19)18-14-10-8-6-7-9-11-14/h14,17H,4-13H2,1-3H3,(H,18,19). The van der Waals surface area contributed by atoms with Gasteiger partial charge < -0.3 is 10.6 Å². The quantitative estimate of drug-likeness (QED) is 0.676. The van der Waals surface area contributed by atoms with Crippen LogP contribution in [0.4, 0.5) is 0 Å². The highest BCUT2D eigenvalue weighted by molar-refractivity contribution is 8.00. The lowest BCUT2D eigenvalue weighted by molar-refractivity contribution is -0.121. The summed E-state index contributed by atoms with van der Waals surface area (Å²) in [5.41, 5.74) is 0. The van der Waals surface area contributed by atoms with Crippen molar-refractivity contribution in [3.8, 4) is 0 Å². The van der Waals surface area contributed by atoms with E-state index in [4.69, 9.17) is 0 Å². The van der Waals surface area contributed by atoms with Gasteiger partial charge in [-0.05, 0) is 31.9 Å². The van der Waals surface area contributed by atoms with E-state index >= 15 is 0 Å². The first-order chi connectivity index (χ1) is 9.65. The molecule has 1 rings (SSSR count). The molecule has 0 saturated heterocycles. The Kier molecular flexibility index (Phi) is 8.62. The van der Waals surface area contributed by atoms with Crippen molar-refractivity contribution < 1.29 is 4.79 Å². The molecule has 0 atom stereocenters. The summed E-state index contributed by atoms with van der Waals surface area (Å²) < 4.78 is 0.280. The van der Waals surface area contributed by atoms with Crippen LogP contribution in [0.25, 0.3) is 0 Å².